The van der Waals surface area contributed by atoms with E-state index in [1.54, 1.807) is 0 Å². The number of piperidine rings is 1. The molecule has 1 aliphatic heterocycles. The van der Waals surface area contributed by atoms with E-state index in [0.717, 1.165) is 32.4 Å². The summed E-state index contributed by atoms with van der Waals surface area (Å²) in [4.78, 5) is 2.00. The van der Waals surface area contributed by atoms with E-state index in [4.69, 9.17) is 0 Å². The normalized spacial score (nSPS) is 24.9. The van der Waals surface area contributed by atoms with Gasteiger partial charge in [-0.25, -0.2) is 0 Å². The summed E-state index contributed by atoms with van der Waals surface area (Å²) < 4.78 is 36.7. The van der Waals surface area contributed by atoms with E-state index >= 15 is 0 Å². The smallest absolute Gasteiger partial charge is 0.313 e. The van der Waals surface area contributed by atoms with Gasteiger partial charge in [-0.3, -0.25) is 4.90 Å². The van der Waals surface area contributed by atoms with Crippen LogP contribution in [0.2, 0.25) is 0 Å². The topological polar surface area (TPSA) is 15.3 Å². The maximum atomic E-state index is 12.2. The standard InChI is InChI=1S/C12H23F3N2/c1-3-16-10(2)11-6-4-5-8-17(11)9-7-12(13,14)15/h10-11,16H,3-9H2,1-2H3. The zero-order valence-electron chi connectivity index (χ0n) is 10.7. The molecule has 1 fully saturated rings. The molecular formula is C12H23F3N2. The van der Waals surface area contributed by atoms with E-state index in [-0.39, 0.29) is 18.6 Å². The number of nitrogens with zero attached hydrogens (tertiary/aromatic N) is 1. The molecule has 1 saturated heterocycles. The van der Waals surface area contributed by atoms with E-state index in [1.165, 1.54) is 0 Å². The molecule has 0 aliphatic carbocycles. The third-order valence-corrected chi connectivity index (χ3v) is 3.45. The van der Waals surface area contributed by atoms with Crippen molar-refractivity contribution in [3.63, 3.8) is 0 Å². The van der Waals surface area contributed by atoms with Gasteiger partial charge in [0, 0.05) is 18.6 Å². The van der Waals surface area contributed by atoms with E-state index in [0.29, 0.717) is 0 Å². The lowest BCUT2D eigenvalue weighted by Gasteiger charge is -2.39. The Bertz CT molecular complexity index is 218. The van der Waals surface area contributed by atoms with E-state index < -0.39 is 12.6 Å². The lowest BCUT2D eigenvalue weighted by atomic mass is 9.96. The molecular weight excluding hydrogens is 229 g/mol. The summed E-state index contributed by atoms with van der Waals surface area (Å²) in [5, 5.41) is 3.32. The van der Waals surface area contributed by atoms with Crippen molar-refractivity contribution in [1.82, 2.24) is 10.2 Å². The van der Waals surface area contributed by atoms with Crippen molar-refractivity contribution >= 4 is 0 Å². The second kappa shape index (κ2) is 6.59. The highest BCUT2D eigenvalue weighted by Gasteiger charge is 2.32. The van der Waals surface area contributed by atoms with Crippen LogP contribution < -0.4 is 5.32 Å². The van der Waals surface area contributed by atoms with Crippen LogP contribution in [-0.4, -0.2) is 42.8 Å². The number of likely N-dealkylation sites (N-methyl/N-ethyl adjacent to an activating group) is 1. The van der Waals surface area contributed by atoms with Gasteiger partial charge in [-0.1, -0.05) is 13.3 Å². The predicted molar refractivity (Wildman–Crippen MR) is 63.0 cm³/mol. The molecule has 2 atom stereocenters. The zero-order chi connectivity index (χ0) is 12.9. The fraction of sp³-hybridized carbons (Fsp3) is 1.00. The van der Waals surface area contributed by atoms with Crippen LogP contribution in [-0.2, 0) is 0 Å². The molecule has 2 unspecified atom stereocenters. The summed E-state index contributed by atoms with van der Waals surface area (Å²) in [5.41, 5.74) is 0. The summed E-state index contributed by atoms with van der Waals surface area (Å²) in [5.74, 6) is 0. The Labute approximate surface area is 102 Å². The van der Waals surface area contributed by atoms with Crippen LogP contribution in [0.5, 0.6) is 0 Å². The van der Waals surface area contributed by atoms with Crippen molar-refractivity contribution in [2.24, 2.45) is 0 Å². The first kappa shape index (κ1) is 14.8. The number of rotatable bonds is 5. The van der Waals surface area contributed by atoms with Gasteiger partial charge in [-0.15, -0.1) is 0 Å². The third kappa shape index (κ3) is 5.25. The monoisotopic (exact) mass is 252 g/mol. The van der Waals surface area contributed by atoms with Crippen LogP contribution in [0, 0.1) is 0 Å². The van der Waals surface area contributed by atoms with E-state index in [9.17, 15) is 13.2 Å². The van der Waals surface area contributed by atoms with Crippen molar-refractivity contribution in [1.29, 1.82) is 0 Å². The van der Waals surface area contributed by atoms with Crippen LogP contribution in [0.15, 0.2) is 0 Å². The first-order valence-electron chi connectivity index (χ1n) is 6.48. The molecule has 0 aromatic carbocycles. The average molecular weight is 252 g/mol. The van der Waals surface area contributed by atoms with Crippen molar-refractivity contribution in [2.45, 2.75) is 57.8 Å². The number of nitrogens with one attached hydrogen (secondary N) is 1. The van der Waals surface area contributed by atoms with E-state index in [1.807, 2.05) is 11.8 Å². The Kier molecular flexibility index (Phi) is 5.73. The van der Waals surface area contributed by atoms with Gasteiger partial charge >= 0.3 is 6.18 Å². The average Bonchev–Trinajstić information content (AvgIpc) is 2.26. The molecule has 0 aromatic rings. The Morgan fingerprint density at radius 1 is 1.35 bits per heavy atom. The minimum atomic E-state index is -4.04. The molecule has 1 aliphatic rings. The largest absolute Gasteiger partial charge is 0.390 e. The maximum absolute atomic E-state index is 12.2. The molecule has 0 radical (unpaired) electrons. The minimum absolute atomic E-state index is 0.143. The van der Waals surface area contributed by atoms with E-state index in [2.05, 4.69) is 12.2 Å². The second-order valence-corrected chi connectivity index (χ2v) is 4.81. The van der Waals surface area contributed by atoms with Gasteiger partial charge in [0.25, 0.3) is 0 Å². The molecule has 5 heteroatoms. The van der Waals surface area contributed by atoms with Crippen LogP contribution in [0.25, 0.3) is 0 Å². The van der Waals surface area contributed by atoms with Crippen molar-refractivity contribution < 1.29 is 13.2 Å². The van der Waals surface area contributed by atoms with Crippen LogP contribution >= 0.6 is 0 Å². The molecule has 0 amide bonds. The summed E-state index contributed by atoms with van der Waals surface area (Å²) >= 11 is 0. The summed E-state index contributed by atoms with van der Waals surface area (Å²) in [6.07, 6.45) is -1.58. The molecule has 1 N–H and O–H groups in total. The van der Waals surface area contributed by atoms with Gasteiger partial charge in [-0.2, -0.15) is 13.2 Å². The molecule has 1 rings (SSSR count). The molecule has 0 spiro atoms. The Balaban J connectivity index is 2.47. The van der Waals surface area contributed by atoms with Gasteiger partial charge in [0.1, 0.15) is 0 Å². The number of halogens is 3. The maximum Gasteiger partial charge on any atom is 0.390 e. The van der Waals surface area contributed by atoms with Gasteiger partial charge in [-0.05, 0) is 32.9 Å². The molecule has 0 bridgehead atoms. The third-order valence-electron chi connectivity index (χ3n) is 3.45. The van der Waals surface area contributed by atoms with Crippen LogP contribution in [0.3, 0.4) is 0 Å². The SMILES string of the molecule is CCNC(C)C1CCCCN1CCC(F)(F)F. The number of alkyl halides is 3. The first-order valence-corrected chi connectivity index (χ1v) is 6.48. The quantitative estimate of drug-likeness (QED) is 0.809. The van der Waals surface area contributed by atoms with Gasteiger partial charge < -0.3 is 5.32 Å². The summed E-state index contributed by atoms with van der Waals surface area (Å²) in [6.45, 7) is 5.91. The van der Waals surface area contributed by atoms with Crippen LogP contribution in [0.4, 0.5) is 13.2 Å². The van der Waals surface area contributed by atoms with Gasteiger partial charge in [0.2, 0.25) is 0 Å². The molecule has 0 aromatic heterocycles. The highest BCUT2D eigenvalue weighted by molar-refractivity contribution is 4.85. The Morgan fingerprint density at radius 2 is 2.06 bits per heavy atom. The second-order valence-electron chi connectivity index (χ2n) is 4.81. The zero-order valence-corrected chi connectivity index (χ0v) is 10.7. The molecule has 102 valence electrons. The highest BCUT2D eigenvalue weighted by Crippen LogP contribution is 2.24. The lowest BCUT2D eigenvalue weighted by Crippen LogP contribution is -2.51. The number of likely N-dealkylation sites (tertiary alicyclic amines) is 1. The van der Waals surface area contributed by atoms with Crippen molar-refractivity contribution in [3.8, 4) is 0 Å². The van der Waals surface area contributed by atoms with Gasteiger partial charge in [0.05, 0.1) is 6.42 Å². The van der Waals surface area contributed by atoms with Crippen molar-refractivity contribution in [2.75, 3.05) is 19.6 Å². The number of hydrogen-bond acceptors (Lipinski definition) is 2. The minimum Gasteiger partial charge on any atom is -0.313 e. The highest BCUT2D eigenvalue weighted by atomic mass is 19.4. The molecule has 17 heavy (non-hydrogen) atoms. The first-order chi connectivity index (χ1) is 7.94. The van der Waals surface area contributed by atoms with Crippen molar-refractivity contribution in [3.05, 3.63) is 0 Å². The molecule has 1 heterocycles. The Morgan fingerprint density at radius 3 is 2.65 bits per heavy atom. The summed E-state index contributed by atoms with van der Waals surface area (Å²) in [7, 11) is 0. The fourth-order valence-electron chi connectivity index (χ4n) is 2.59. The lowest BCUT2D eigenvalue weighted by molar-refractivity contribution is -0.140. The fourth-order valence-corrected chi connectivity index (χ4v) is 2.59. The van der Waals surface area contributed by atoms with Crippen LogP contribution in [0.1, 0.15) is 39.5 Å². The Hall–Kier alpha value is -0.290. The predicted octanol–water partition coefficient (Wildman–Crippen LogP) is 2.79. The molecule has 0 saturated carbocycles. The summed E-state index contributed by atoms with van der Waals surface area (Å²) in [6, 6.07) is 0.527. The number of hydrogen-bond donors (Lipinski definition) is 1. The van der Waals surface area contributed by atoms with Gasteiger partial charge in [0.15, 0.2) is 0 Å². The molecule has 2 nitrogen and oxygen atoms in total.